The fraction of sp³-hybridized carbons (Fsp3) is 0.500. The summed E-state index contributed by atoms with van der Waals surface area (Å²) in [7, 11) is 0. The van der Waals surface area contributed by atoms with Crippen molar-refractivity contribution in [1.29, 1.82) is 0 Å². The summed E-state index contributed by atoms with van der Waals surface area (Å²) in [6.45, 7) is 13.4. The molecule has 0 amide bonds. The van der Waals surface area contributed by atoms with E-state index < -0.39 is 23.9 Å². The van der Waals surface area contributed by atoms with E-state index in [1.54, 1.807) is 55.4 Å². The second-order valence-corrected chi connectivity index (χ2v) is 7.53. The predicted molar refractivity (Wildman–Crippen MR) is 127 cm³/mol. The first kappa shape index (κ1) is 28.3. The van der Waals surface area contributed by atoms with Gasteiger partial charge in [-0.05, 0) is 65.8 Å². The van der Waals surface area contributed by atoms with Gasteiger partial charge in [0.15, 0.2) is 0 Å². The zero-order valence-electron chi connectivity index (χ0n) is 21.9. The predicted octanol–water partition coefficient (Wildman–Crippen LogP) is 3.91. The lowest BCUT2D eigenvalue weighted by Crippen LogP contribution is -2.13. The van der Waals surface area contributed by atoms with Crippen LogP contribution in [0.25, 0.3) is 0 Å². The average Bonchev–Trinajstić information content (AvgIpc) is 3.22. The highest BCUT2D eigenvalue weighted by Crippen LogP contribution is 2.27. The Morgan fingerprint density at radius 2 is 0.694 bits per heavy atom. The molecule has 0 bridgehead atoms. The average molecular weight is 505 g/mol. The normalized spacial score (nSPS) is 11.0. The summed E-state index contributed by atoms with van der Waals surface area (Å²) in [6.07, 6.45) is 0. The quantitative estimate of drug-likeness (QED) is 0.269. The largest absolute Gasteiger partial charge is 0.462 e. The van der Waals surface area contributed by atoms with Crippen LogP contribution in [0.5, 0.6) is 0 Å². The number of hydrogen-bond acceptors (Lipinski definition) is 10. The van der Waals surface area contributed by atoms with Crippen molar-refractivity contribution in [2.75, 3.05) is 26.4 Å². The number of rotatable bonds is 10. The van der Waals surface area contributed by atoms with E-state index in [0.29, 0.717) is 22.8 Å². The lowest BCUT2D eigenvalue weighted by Gasteiger charge is -2.05. The summed E-state index contributed by atoms with van der Waals surface area (Å²) in [6, 6.07) is 0. The van der Waals surface area contributed by atoms with Gasteiger partial charge in [-0.3, -0.25) is 0 Å². The van der Waals surface area contributed by atoms with E-state index in [-0.39, 0.29) is 48.7 Å². The summed E-state index contributed by atoms with van der Waals surface area (Å²) in [5, 5.41) is 8.43. The Balaban J connectivity index is 2.72. The minimum Gasteiger partial charge on any atom is -0.462 e. The maximum atomic E-state index is 12.6. The monoisotopic (exact) mass is 504 g/mol. The Labute approximate surface area is 209 Å². The number of ether oxygens (including phenoxy) is 4. The van der Waals surface area contributed by atoms with Gasteiger partial charge in [0, 0.05) is 0 Å². The van der Waals surface area contributed by atoms with Crippen LogP contribution in [0, 0.1) is 27.7 Å². The van der Waals surface area contributed by atoms with Gasteiger partial charge in [0.05, 0.1) is 71.5 Å². The van der Waals surface area contributed by atoms with Crippen molar-refractivity contribution in [3.05, 3.63) is 45.0 Å². The van der Waals surface area contributed by atoms with Crippen molar-refractivity contribution < 1.29 is 38.1 Å². The molecule has 0 fully saturated rings. The third-order valence-electron chi connectivity index (χ3n) is 5.36. The zero-order valence-corrected chi connectivity index (χ0v) is 21.9. The number of carbonyl (C=O) groups is 4. The Bertz CT molecular complexity index is 1030. The van der Waals surface area contributed by atoms with Crippen molar-refractivity contribution in [1.82, 2.24) is 9.35 Å². The van der Waals surface area contributed by atoms with Gasteiger partial charge in [-0.2, -0.15) is 0 Å². The maximum Gasteiger partial charge on any atom is 0.340 e. The van der Waals surface area contributed by atoms with E-state index in [2.05, 4.69) is 10.4 Å². The van der Waals surface area contributed by atoms with Crippen LogP contribution in [0.1, 0.15) is 91.9 Å². The van der Waals surface area contributed by atoms with Crippen LogP contribution in [0.15, 0.2) is 10.4 Å². The molecule has 0 spiro atoms. The highest BCUT2D eigenvalue weighted by Gasteiger charge is 2.31. The van der Waals surface area contributed by atoms with Gasteiger partial charge in [0.25, 0.3) is 0 Å². The molecule has 0 aliphatic heterocycles. The number of hydrogen-bond donors (Lipinski definition) is 0. The van der Waals surface area contributed by atoms with Gasteiger partial charge < -0.3 is 18.9 Å². The molecular weight excluding hydrogens is 472 g/mol. The molecule has 12 nitrogen and oxygen atoms in total. The number of aromatic nitrogens is 2. The van der Waals surface area contributed by atoms with Crippen molar-refractivity contribution in [3.63, 3.8) is 0 Å². The third kappa shape index (κ3) is 5.31. The third-order valence-corrected chi connectivity index (χ3v) is 5.36. The van der Waals surface area contributed by atoms with Crippen LogP contribution >= 0.6 is 0 Å². The van der Waals surface area contributed by atoms with Crippen LogP contribution in [-0.4, -0.2) is 59.7 Å². The highest BCUT2D eigenvalue weighted by molar-refractivity contribution is 6.06. The molecule has 196 valence electrons. The minimum atomic E-state index is -0.697. The number of nitrogens with zero attached hydrogens (tertiary/aromatic N) is 4. The smallest absolute Gasteiger partial charge is 0.340 e. The molecule has 0 aliphatic carbocycles. The summed E-state index contributed by atoms with van der Waals surface area (Å²) in [5.41, 5.74) is 1.29. The highest BCUT2D eigenvalue weighted by atomic mass is 16.5. The van der Waals surface area contributed by atoms with Gasteiger partial charge in [0.2, 0.25) is 0 Å². The van der Waals surface area contributed by atoms with Crippen LogP contribution in [0.2, 0.25) is 0 Å². The first-order valence-electron chi connectivity index (χ1n) is 11.6. The molecule has 2 aromatic rings. The Morgan fingerprint density at radius 1 is 0.500 bits per heavy atom. The van der Waals surface area contributed by atoms with E-state index in [0.717, 1.165) is 0 Å². The second kappa shape index (κ2) is 12.1. The van der Waals surface area contributed by atoms with Gasteiger partial charge in [-0.1, -0.05) is 0 Å². The Kier molecular flexibility index (Phi) is 9.53. The van der Waals surface area contributed by atoms with Crippen molar-refractivity contribution >= 4 is 23.9 Å². The van der Waals surface area contributed by atoms with E-state index in [4.69, 9.17) is 18.9 Å². The summed E-state index contributed by atoms with van der Waals surface area (Å²) in [5.74, 6) is -2.79. The molecule has 12 heteroatoms. The van der Waals surface area contributed by atoms with Gasteiger partial charge >= 0.3 is 23.9 Å². The first-order valence-corrected chi connectivity index (χ1v) is 11.6. The van der Waals surface area contributed by atoms with Gasteiger partial charge in [0.1, 0.15) is 0 Å². The topological polar surface area (TPSA) is 140 Å². The van der Waals surface area contributed by atoms with Crippen LogP contribution in [0.4, 0.5) is 0 Å². The van der Waals surface area contributed by atoms with Crippen LogP contribution in [0.3, 0.4) is 0 Å². The molecule has 0 N–H and O–H groups in total. The molecular formula is C24H32N4O8. The standard InChI is InChI=1S/C24H32N4O8/c1-9-33-21(29)17-13(5)27(14(6)18(17)22(30)34-10-2)25-26-28-15(7)19(23(31)35-11-3)20(16(28)8)24(32)36-12-4/h9-12H2,1-8H3/b26-25+. The number of carbonyl (C=O) groups excluding carboxylic acids is 4. The van der Waals surface area contributed by atoms with Crippen molar-refractivity contribution in [2.45, 2.75) is 55.4 Å². The van der Waals surface area contributed by atoms with Crippen molar-refractivity contribution in [3.8, 4) is 0 Å². The lowest BCUT2D eigenvalue weighted by atomic mass is 10.1. The fourth-order valence-electron chi connectivity index (χ4n) is 3.81. The van der Waals surface area contributed by atoms with Gasteiger partial charge in [-0.15, -0.1) is 0 Å². The zero-order chi connectivity index (χ0) is 27.2. The molecule has 2 heterocycles. The molecule has 0 atom stereocenters. The van der Waals surface area contributed by atoms with Gasteiger partial charge in [-0.25, -0.2) is 28.5 Å². The Morgan fingerprint density at radius 3 is 0.861 bits per heavy atom. The lowest BCUT2D eigenvalue weighted by molar-refractivity contribution is 0.0479. The van der Waals surface area contributed by atoms with E-state index in [1.807, 2.05) is 0 Å². The van der Waals surface area contributed by atoms with E-state index in [1.165, 1.54) is 9.35 Å². The van der Waals surface area contributed by atoms with Crippen LogP contribution in [-0.2, 0) is 18.9 Å². The molecule has 2 rings (SSSR count). The fourth-order valence-corrected chi connectivity index (χ4v) is 3.81. The van der Waals surface area contributed by atoms with Crippen molar-refractivity contribution in [2.24, 2.45) is 10.4 Å². The molecule has 0 saturated heterocycles. The summed E-state index contributed by atoms with van der Waals surface area (Å²) in [4.78, 5) is 50.6. The molecule has 0 aromatic carbocycles. The first-order chi connectivity index (χ1) is 17.1. The summed E-state index contributed by atoms with van der Waals surface area (Å²) >= 11 is 0. The van der Waals surface area contributed by atoms with E-state index in [9.17, 15) is 19.2 Å². The molecule has 0 aliphatic rings. The molecule has 0 radical (unpaired) electrons. The van der Waals surface area contributed by atoms with E-state index >= 15 is 0 Å². The molecule has 0 saturated carbocycles. The molecule has 36 heavy (non-hydrogen) atoms. The summed E-state index contributed by atoms with van der Waals surface area (Å²) < 4.78 is 23.1. The maximum absolute atomic E-state index is 12.6. The second-order valence-electron chi connectivity index (χ2n) is 7.53. The molecule has 0 unspecified atom stereocenters. The van der Waals surface area contributed by atoms with Crippen LogP contribution < -0.4 is 0 Å². The molecule has 2 aromatic heterocycles. The SMILES string of the molecule is CCOC(=O)c1c(C(=O)OCC)c(C)n(/N=N/n2c(C)c(C(=O)OCC)c(C(=O)OCC)c2C)c1C. The Hall–Kier alpha value is -3.96. The minimum absolute atomic E-state index is 0.0205. The number of esters is 4.